The van der Waals surface area contributed by atoms with Crippen LogP contribution >= 0.6 is 11.6 Å². The maximum absolute atomic E-state index is 12.7. The van der Waals surface area contributed by atoms with Crippen molar-refractivity contribution in [2.24, 2.45) is 4.99 Å². The van der Waals surface area contributed by atoms with E-state index in [9.17, 15) is 14.7 Å². The highest BCUT2D eigenvalue weighted by molar-refractivity contribution is 6.86. The highest BCUT2D eigenvalue weighted by atomic mass is 35.5. The van der Waals surface area contributed by atoms with Crippen LogP contribution in [0.1, 0.15) is 12.5 Å². The molecule has 0 radical (unpaired) electrons. The second-order valence-corrected chi connectivity index (χ2v) is 5.91. The van der Waals surface area contributed by atoms with Crippen molar-refractivity contribution in [2.45, 2.75) is 13.5 Å². The SMILES string of the molecule is CCOC(=O)Cn1c(=O)c(O)c2c3c(c(OC)c(OC)cc31)N=C(Cl)C2=[15NH]. The number of carbonyl (C=O) groups excluding carboxylic acids is 1. The highest BCUT2D eigenvalue weighted by Gasteiger charge is 2.31. The molecule has 142 valence electrons. The van der Waals surface area contributed by atoms with Crippen LogP contribution in [0.2, 0.25) is 0 Å². The number of ether oxygens (including phenoxy) is 3. The van der Waals surface area contributed by atoms with E-state index in [0.717, 1.165) is 4.57 Å². The minimum absolute atomic E-state index is 0.0777. The molecular formula is C17H16ClN3O6. The minimum Gasteiger partial charge on any atom is -0.503 e. The second kappa shape index (κ2) is 6.92. The van der Waals surface area contributed by atoms with Crippen molar-refractivity contribution >= 4 is 45.0 Å². The van der Waals surface area contributed by atoms with E-state index in [4.69, 9.17) is 31.2 Å². The number of nitrogens with zero attached hydrogens (tertiary/aromatic N) is 2. The van der Waals surface area contributed by atoms with Crippen LogP contribution in [0.25, 0.3) is 10.9 Å². The van der Waals surface area contributed by atoms with Gasteiger partial charge in [-0.1, -0.05) is 11.6 Å². The molecule has 0 saturated carbocycles. The smallest absolute Gasteiger partial charge is 0.326 e. The number of methoxy groups -OCH3 is 2. The fourth-order valence-electron chi connectivity index (χ4n) is 2.98. The van der Waals surface area contributed by atoms with Gasteiger partial charge in [-0.15, -0.1) is 0 Å². The number of aliphatic imine (C=N–C) groups is 1. The Labute approximate surface area is 158 Å². The largest absolute Gasteiger partial charge is 0.503 e. The van der Waals surface area contributed by atoms with Crippen LogP contribution in [0.3, 0.4) is 0 Å². The molecule has 1 aliphatic heterocycles. The fourth-order valence-corrected chi connectivity index (χ4v) is 3.16. The van der Waals surface area contributed by atoms with Gasteiger partial charge in [0.2, 0.25) is 0 Å². The van der Waals surface area contributed by atoms with Gasteiger partial charge in [-0.25, -0.2) is 4.99 Å². The summed E-state index contributed by atoms with van der Waals surface area (Å²) in [6.45, 7) is 1.35. The lowest BCUT2D eigenvalue weighted by Gasteiger charge is -2.22. The summed E-state index contributed by atoms with van der Waals surface area (Å²) in [5.74, 6) is -0.899. The van der Waals surface area contributed by atoms with Gasteiger partial charge in [-0.2, -0.15) is 0 Å². The van der Waals surface area contributed by atoms with Crippen LogP contribution in [0.4, 0.5) is 5.69 Å². The summed E-state index contributed by atoms with van der Waals surface area (Å²) in [6.07, 6.45) is 0. The zero-order valence-corrected chi connectivity index (χ0v) is 15.5. The maximum atomic E-state index is 12.7. The summed E-state index contributed by atoms with van der Waals surface area (Å²) in [5.41, 5.74) is -0.827. The number of pyridine rings is 1. The third-order valence-corrected chi connectivity index (χ3v) is 4.38. The summed E-state index contributed by atoms with van der Waals surface area (Å²) in [5, 5.41) is 18.6. The number of hydrogen-bond donors (Lipinski definition) is 2. The molecule has 2 heterocycles. The van der Waals surface area contributed by atoms with Gasteiger partial charge in [0.25, 0.3) is 5.56 Å². The molecule has 2 N–H and O–H groups in total. The Hall–Kier alpha value is -3.07. The van der Waals surface area contributed by atoms with E-state index >= 15 is 0 Å². The Morgan fingerprint density at radius 3 is 2.67 bits per heavy atom. The molecule has 3 rings (SSSR count). The zero-order valence-electron chi connectivity index (χ0n) is 14.8. The van der Waals surface area contributed by atoms with E-state index in [1.807, 2.05) is 0 Å². The number of esters is 1. The number of halogens is 1. The number of rotatable bonds is 5. The van der Waals surface area contributed by atoms with Gasteiger partial charge in [0.15, 0.2) is 22.4 Å². The molecule has 10 heteroatoms. The van der Waals surface area contributed by atoms with Gasteiger partial charge >= 0.3 is 5.97 Å². The predicted molar refractivity (Wildman–Crippen MR) is 99.4 cm³/mol. The number of aromatic hydroxyl groups is 1. The first-order valence-corrected chi connectivity index (χ1v) is 8.27. The van der Waals surface area contributed by atoms with Gasteiger partial charge in [0, 0.05) is 11.5 Å². The molecule has 1 aromatic heterocycles. The van der Waals surface area contributed by atoms with E-state index in [2.05, 4.69) is 4.99 Å². The van der Waals surface area contributed by atoms with Crippen molar-refractivity contribution in [3.05, 3.63) is 22.0 Å². The summed E-state index contributed by atoms with van der Waals surface area (Å²) < 4.78 is 16.6. The lowest BCUT2D eigenvalue weighted by atomic mass is 9.98. The van der Waals surface area contributed by atoms with Crippen LogP contribution in [-0.2, 0) is 16.1 Å². The molecule has 0 atom stereocenters. The lowest BCUT2D eigenvalue weighted by molar-refractivity contribution is -0.143. The van der Waals surface area contributed by atoms with Crippen molar-refractivity contribution in [3.8, 4) is 17.2 Å². The first kappa shape index (κ1) is 18.7. The van der Waals surface area contributed by atoms with Crippen molar-refractivity contribution in [1.29, 1.82) is 5.41 Å². The molecule has 9 nitrogen and oxygen atoms in total. The van der Waals surface area contributed by atoms with Crippen LogP contribution in [-0.4, -0.2) is 47.4 Å². The molecule has 27 heavy (non-hydrogen) atoms. The Morgan fingerprint density at radius 2 is 2.07 bits per heavy atom. The highest BCUT2D eigenvalue weighted by Crippen LogP contribution is 2.47. The standard InChI is InChI=1S/C17H16ClN3O6/c1-4-27-9(22)6-21-7-5-8(25-2)15(26-3)13-10(7)11(14(23)17(21)24)12(19)16(18)20-13/h5,19,23H,4,6H2,1-3H3/i19+1. The summed E-state index contributed by atoms with van der Waals surface area (Å²) in [7, 11) is 2.80. The van der Waals surface area contributed by atoms with E-state index in [1.165, 1.54) is 20.3 Å². The molecule has 0 unspecified atom stereocenters. The van der Waals surface area contributed by atoms with Crippen LogP contribution in [0.15, 0.2) is 15.9 Å². The van der Waals surface area contributed by atoms with E-state index in [-0.39, 0.29) is 51.1 Å². The number of nitrogens with one attached hydrogen (secondary N) is 1. The number of carbonyl (C=O) groups is 1. The number of benzene rings is 1. The number of aromatic nitrogens is 1. The normalized spacial score (nSPS) is 12.7. The first-order chi connectivity index (χ1) is 12.8. The Bertz CT molecular complexity index is 1070. The molecule has 0 aliphatic carbocycles. The summed E-state index contributed by atoms with van der Waals surface area (Å²) >= 11 is 6.03. The lowest BCUT2D eigenvalue weighted by Crippen LogP contribution is -2.28. The van der Waals surface area contributed by atoms with Crippen molar-refractivity contribution in [2.75, 3.05) is 20.8 Å². The summed E-state index contributed by atoms with van der Waals surface area (Å²) in [6, 6.07) is 1.48. The molecule has 1 aromatic carbocycles. The van der Waals surface area contributed by atoms with E-state index in [1.54, 1.807) is 6.92 Å². The average molecular weight is 395 g/mol. The molecular weight excluding hydrogens is 379 g/mol. The molecule has 0 spiro atoms. The van der Waals surface area contributed by atoms with Gasteiger partial charge in [0.1, 0.15) is 17.9 Å². The van der Waals surface area contributed by atoms with Crippen molar-refractivity contribution in [3.63, 3.8) is 0 Å². The van der Waals surface area contributed by atoms with Gasteiger partial charge in [0.05, 0.1) is 31.9 Å². The molecule has 0 amide bonds. The molecule has 0 bridgehead atoms. The molecule has 0 fully saturated rings. The summed E-state index contributed by atoms with van der Waals surface area (Å²) in [4.78, 5) is 28.8. The van der Waals surface area contributed by atoms with Crippen molar-refractivity contribution < 1.29 is 24.1 Å². The zero-order chi connectivity index (χ0) is 19.9. The van der Waals surface area contributed by atoms with Crippen LogP contribution in [0.5, 0.6) is 17.2 Å². The number of hydrogen-bond acceptors (Lipinski definition) is 8. The van der Waals surface area contributed by atoms with Gasteiger partial charge < -0.3 is 19.3 Å². The Balaban J connectivity index is 2.49. The first-order valence-electron chi connectivity index (χ1n) is 7.89. The van der Waals surface area contributed by atoms with Crippen molar-refractivity contribution in [1.82, 2.24) is 4.57 Å². The molecule has 1 aliphatic rings. The Morgan fingerprint density at radius 1 is 1.37 bits per heavy atom. The molecule has 0 saturated heterocycles. The topological polar surface area (TPSA) is 123 Å². The fraction of sp³-hybridized carbons (Fsp3) is 0.294. The minimum atomic E-state index is -0.861. The second-order valence-electron chi connectivity index (χ2n) is 5.55. The predicted octanol–water partition coefficient (Wildman–Crippen LogP) is 1.94. The van der Waals surface area contributed by atoms with Crippen LogP contribution < -0.4 is 15.0 Å². The maximum Gasteiger partial charge on any atom is 0.326 e. The van der Waals surface area contributed by atoms with Crippen LogP contribution in [0, 0.1) is 5.41 Å². The van der Waals surface area contributed by atoms with Gasteiger partial charge in [-0.3, -0.25) is 19.6 Å². The average Bonchev–Trinajstić information content (AvgIpc) is 2.64. The van der Waals surface area contributed by atoms with E-state index < -0.39 is 23.8 Å². The third kappa shape index (κ3) is 2.80. The molecule has 2 aromatic rings. The monoisotopic (exact) mass is 394 g/mol. The quantitative estimate of drug-likeness (QED) is 0.590. The van der Waals surface area contributed by atoms with Gasteiger partial charge in [-0.05, 0) is 6.92 Å². The van der Waals surface area contributed by atoms with E-state index in [0.29, 0.717) is 0 Å². The third-order valence-electron chi connectivity index (χ3n) is 4.11. The Kier molecular flexibility index (Phi) is 4.79.